The summed E-state index contributed by atoms with van der Waals surface area (Å²) < 4.78 is 4.01. The SMILES string of the molecule is CN(C=O)CCn1cc[n+](C)c1. The lowest BCUT2D eigenvalue weighted by Crippen LogP contribution is -2.25. The first kappa shape index (κ1) is 8.77. The second kappa shape index (κ2) is 3.90. The lowest BCUT2D eigenvalue weighted by molar-refractivity contribution is -0.671. The van der Waals surface area contributed by atoms with Crippen molar-refractivity contribution in [1.29, 1.82) is 0 Å². The highest BCUT2D eigenvalue weighted by atomic mass is 16.1. The second-order valence-corrected chi connectivity index (χ2v) is 2.90. The van der Waals surface area contributed by atoms with Crippen LogP contribution in [0.2, 0.25) is 0 Å². The zero-order valence-electron chi connectivity index (χ0n) is 7.47. The van der Waals surface area contributed by atoms with Crippen molar-refractivity contribution in [3.63, 3.8) is 0 Å². The number of imidazole rings is 1. The standard InChI is InChI=1S/C8H14N3O/c1-9-3-5-11(7-9)6-4-10(2)8-12/h3,5,7-8H,4,6H2,1-2H3/q+1. The van der Waals surface area contributed by atoms with Crippen LogP contribution in [0, 0.1) is 0 Å². The molecule has 0 saturated heterocycles. The molecule has 0 aliphatic carbocycles. The van der Waals surface area contributed by atoms with Crippen molar-refractivity contribution in [2.24, 2.45) is 7.05 Å². The van der Waals surface area contributed by atoms with Gasteiger partial charge in [0.05, 0.1) is 13.6 Å². The Kier molecular flexibility index (Phi) is 2.85. The molecule has 1 aromatic heterocycles. The van der Waals surface area contributed by atoms with E-state index in [2.05, 4.69) is 0 Å². The topological polar surface area (TPSA) is 29.1 Å². The van der Waals surface area contributed by atoms with Gasteiger partial charge in [0.25, 0.3) is 0 Å². The van der Waals surface area contributed by atoms with Crippen molar-refractivity contribution in [1.82, 2.24) is 9.47 Å². The lowest BCUT2D eigenvalue weighted by atomic mass is 10.6. The lowest BCUT2D eigenvalue weighted by Gasteiger charge is -2.06. The Labute approximate surface area is 72.0 Å². The van der Waals surface area contributed by atoms with E-state index in [0.29, 0.717) is 0 Å². The molecule has 0 atom stereocenters. The van der Waals surface area contributed by atoms with Crippen LogP contribution in [-0.4, -0.2) is 29.5 Å². The van der Waals surface area contributed by atoms with E-state index in [1.165, 1.54) is 0 Å². The van der Waals surface area contributed by atoms with Gasteiger partial charge in [-0.15, -0.1) is 0 Å². The molecule has 4 heteroatoms. The van der Waals surface area contributed by atoms with Gasteiger partial charge < -0.3 is 4.90 Å². The third kappa shape index (κ3) is 2.38. The summed E-state index contributed by atoms with van der Waals surface area (Å²) in [5.74, 6) is 0. The van der Waals surface area contributed by atoms with Gasteiger partial charge in [0.1, 0.15) is 18.9 Å². The van der Waals surface area contributed by atoms with Crippen LogP contribution in [0.1, 0.15) is 0 Å². The van der Waals surface area contributed by atoms with Gasteiger partial charge in [0.2, 0.25) is 12.7 Å². The quantitative estimate of drug-likeness (QED) is 0.436. The van der Waals surface area contributed by atoms with E-state index in [1.54, 1.807) is 11.9 Å². The normalized spacial score (nSPS) is 9.83. The van der Waals surface area contributed by atoms with Gasteiger partial charge in [0.15, 0.2) is 0 Å². The molecule has 0 aliphatic rings. The van der Waals surface area contributed by atoms with Gasteiger partial charge in [-0.3, -0.25) is 4.79 Å². The van der Waals surface area contributed by atoms with Crippen LogP contribution in [0.15, 0.2) is 18.7 Å². The molecule has 1 rings (SSSR count). The molecule has 0 saturated carbocycles. The maximum Gasteiger partial charge on any atom is 0.243 e. The molecule has 0 aliphatic heterocycles. The highest BCUT2D eigenvalue weighted by Crippen LogP contribution is 1.85. The maximum absolute atomic E-state index is 10.2. The monoisotopic (exact) mass is 168 g/mol. The fourth-order valence-electron chi connectivity index (χ4n) is 0.960. The predicted octanol–water partition coefficient (Wildman–Crippen LogP) is -0.599. The molecule has 0 fully saturated rings. The Morgan fingerprint density at radius 3 is 2.92 bits per heavy atom. The smallest absolute Gasteiger partial charge is 0.243 e. The van der Waals surface area contributed by atoms with Crippen LogP contribution in [0.25, 0.3) is 0 Å². The van der Waals surface area contributed by atoms with E-state index in [-0.39, 0.29) is 0 Å². The molecule has 4 nitrogen and oxygen atoms in total. The third-order valence-corrected chi connectivity index (χ3v) is 1.71. The molecule has 0 unspecified atom stereocenters. The summed E-state index contributed by atoms with van der Waals surface area (Å²) in [5.41, 5.74) is 0. The molecule has 66 valence electrons. The number of nitrogens with zero attached hydrogens (tertiary/aromatic N) is 3. The maximum atomic E-state index is 10.2. The van der Waals surface area contributed by atoms with Gasteiger partial charge >= 0.3 is 0 Å². The number of carbonyl (C=O) groups is 1. The van der Waals surface area contributed by atoms with Crippen LogP contribution in [0.3, 0.4) is 0 Å². The van der Waals surface area contributed by atoms with Crippen LogP contribution >= 0.6 is 0 Å². The third-order valence-electron chi connectivity index (χ3n) is 1.71. The van der Waals surface area contributed by atoms with E-state index in [4.69, 9.17) is 0 Å². The molecule has 0 spiro atoms. The number of aryl methyl sites for hydroxylation is 1. The number of likely N-dealkylation sites (N-methyl/N-ethyl adjacent to an activating group) is 1. The van der Waals surface area contributed by atoms with Crippen LogP contribution in [-0.2, 0) is 18.4 Å². The van der Waals surface area contributed by atoms with Crippen LogP contribution < -0.4 is 4.57 Å². The highest BCUT2D eigenvalue weighted by molar-refractivity contribution is 5.46. The number of hydrogen-bond donors (Lipinski definition) is 0. The zero-order valence-corrected chi connectivity index (χ0v) is 7.47. The summed E-state index contributed by atoms with van der Waals surface area (Å²) in [7, 11) is 3.75. The minimum atomic E-state index is 0.748. The van der Waals surface area contributed by atoms with E-state index in [0.717, 1.165) is 19.5 Å². The van der Waals surface area contributed by atoms with E-state index >= 15 is 0 Å². The largest absolute Gasteiger partial charge is 0.344 e. The Morgan fingerprint density at radius 2 is 2.42 bits per heavy atom. The number of hydrogen-bond acceptors (Lipinski definition) is 1. The molecule has 1 amide bonds. The minimum absolute atomic E-state index is 0.748. The summed E-state index contributed by atoms with van der Waals surface area (Å²) in [6.45, 7) is 1.59. The molecular weight excluding hydrogens is 154 g/mol. The van der Waals surface area contributed by atoms with Crippen molar-refractivity contribution in [2.75, 3.05) is 13.6 Å². The molecule has 1 heterocycles. The number of amides is 1. The summed E-state index contributed by atoms with van der Waals surface area (Å²) in [6.07, 6.45) is 6.78. The fraction of sp³-hybridized carbons (Fsp3) is 0.500. The minimum Gasteiger partial charge on any atom is -0.344 e. The Balaban J connectivity index is 2.37. The van der Waals surface area contributed by atoms with Gasteiger partial charge in [-0.05, 0) is 0 Å². The molecule has 0 bridgehead atoms. The van der Waals surface area contributed by atoms with Crippen molar-refractivity contribution in [3.8, 4) is 0 Å². The highest BCUT2D eigenvalue weighted by Gasteiger charge is 2.00. The van der Waals surface area contributed by atoms with E-state index in [1.807, 2.05) is 34.9 Å². The van der Waals surface area contributed by atoms with Crippen LogP contribution in [0.5, 0.6) is 0 Å². The second-order valence-electron chi connectivity index (χ2n) is 2.90. The van der Waals surface area contributed by atoms with Crippen molar-refractivity contribution >= 4 is 6.41 Å². The first-order valence-electron chi connectivity index (χ1n) is 3.89. The number of rotatable bonds is 4. The van der Waals surface area contributed by atoms with E-state index in [9.17, 15) is 4.79 Å². The molecule has 0 radical (unpaired) electrons. The van der Waals surface area contributed by atoms with Crippen LogP contribution in [0.4, 0.5) is 0 Å². The van der Waals surface area contributed by atoms with Crippen molar-refractivity contribution in [3.05, 3.63) is 18.7 Å². The van der Waals surface area contributed by atoms with Gasteiger partial charge in [-0.1, -0.05) is 0 Å². The summed E-state index contributed by atoms with van der Waals surface area (Å²) in [6, 6.07) is 0. The summed E-state index contributed by atoms with van der Waals surface area (Å²) in [4.78, 5) is 11.9. The number of carbonyl (C=O) groups excluding carboxylic acids is 1. The summed E-state index contributed by atoms with van der Waals surface area (Å²) in [5, 5.41) is 0. The Hall–Kier alpha value is -1.32. The molecule has 12 heavy (non-hydrogen) atoms. The van der Waals surface area contributed by atoms with E-state index < -0.39 is 0 Å². The van der Waals surface area contributed by atoms with Gasteiger partial charge in [-0.2, -0.15) is 0 Å². The van der Waals surface area contributed by atoms with Gasteiger partial charge in [0, 0.05) is 7.05 Å². The molecule has 0 aromatic carbocycles. The Bertz CT molecular complexity index is 257. The average molecular weight is 168 g/mol. The molecule has 1 aromatic rings. The average Bonchev–Trinajstić information content (AvgIpc) is 2.47. The van der Waals surface area contributed by atoms with Gasteiger partial charge in [-0.25, -0.2) is 9.13 Å². The first-order chi connectivity index (χ1) is 5.72. The Morgan fingerprint density at radius 1 is 1.67 bits per heavy atom. The van der Waals surface area contributed by atoms with Crippen molar-refractivity contribution in [2.45, 2.75) is 6.54 Å². The number of aromatic nitrogens is 2. The predicted molar refractivity (Wildman–Crippen MR) is 44.3 cm³/mol. The molecular formula is C8H14N3O+. The molecule has 0 N–H and O–H groups in total. The summed E-state index contributed by atoms with van der Waals surface area (Å²) >= 11 is 0. The fourth-order valence-corrected chi connectivity index (χ4v) is 0.960. The first-order valence-corrected chi connectivity index (χ1v) is 3.89. The zero-order chi connectivity index (χ0) is 8.97. The van der Waals surface area contributed by atoms with Crippen molar-refractivity contribution < 1.29 is 9.36 Å².